The van der Waals surface area contributed by atoms with Crippen molar-refractivity contribution in [1.29, 1.82) is 0 Å². The first-order chi connectivity index (χ1) is 30.4. The summed E-state index contributed by atoms with van der Waals surface area (Å²) in [6, 6.07) is 66.5. The van der Waals surface area contributed by atoms with Crippen molar-refractivity contribution in [2.45, 2.75) is 26.7 Å². The average molecular weight is 876 g/mol. The molecule has 0 amide bonds. The summed E-state index contributed by atoms with van der Waals surface area (Å²) in [5, 5.41) is 9.00. The van der Waals surface area contributed by atoms with Gasteiger partial charge in [0.1, 0.15) is 5.75 Å². The lowest BCUT2D eigenvalue weighted by atomic mass is 9.91. The monoisotopic (exact) mass is 874 g/mol. The van der Waals surface area contributed by atoms with Gasteiger partial charge in [-0.3, -0.25) is 0 Å². The quantitative estimate of drug-likeness (QED) is 0.114. The Balaban J connectivity index is 0.000000180. The number of hydrogen-bond acceptors (Lipinski definition) is 2. The summed E-state index contributed by atoms with van der Waals surface area (Å²) < 4.78 is 6.56. The highest BCUT2D eigenvalue weighted by molar-refractivity contribution is 9.10. The lowest BCUT2D eigenvalue weighted by Gasteiger charge is -2.13. The van der Waals surface area contributed by atoms with Gasteiger partial charge in [0.2, 0.25) is 0 Å². The highest BCUT2D eigenvalue weighted by Gasteiger charge is 2.23. The van der Waals surface area contributed by atoms with E-state index in [0.29, 0.717) is 5.75 Å². The van der Waals surface area contributed by atoms with E-state index in [4.69, 9.17) is 9.84 Å². The topological polar surface area (TPSA) is 78.1 Å². The standard InChI is InChI=1S/C32H27NO3.C24H20BrN/c1-2-26-30(22-12-5-3-6-13-22)31(23-14-7-4-8-15-23)33-32(26)28-19-10-9-18-27(28)24-16-11-17-25(20-24)36-21-29(34)35;1-2-19-22(17-11-5-3-6-12-17)23(18-13-7-4-8-14-18)26-24(19)20-15-9-10-16-21(20)25/h3-20,33H,2,21H2,1H3,(H,34,35);3-16,26H,2H2,1H3. The van der Waals surface area contributed by atoms with E-state index in [2.05, 4.69) is 185 Å². The Bertz CT molecular complexity index is 2900. The van der Waals surface area contributed by atoms with E-state index in [9.17, 15) is 4.79 Å². The first-order valence-electron chi connectivity index (χ1n) is 21.0. The zero-order valence-corrected chi connectivity index (χ0v) is 36.3. The molecule has 0 aliphatic carbocycles. The van der Waals surface area contributed by atoms with Crippen LogP contribution in [0.25, 0.3) is 78.4 Å². The average Bonchev–Trinajstić information content (AvgIpc) is 3.92. The van der Waals surface area contributed by atoms with E-state index in [1.54, 1.807) is 6.07 Å². The van der Waals surface area contributed by atoms with Crippen molar-refractivity contribution in [3.05, 3.63) is 210 Å². The van der Waals surface area contributed by atoms with Crippen molar-refractivity contribution in [2.24, 2.45) is 0 Å². The van der Waals surface area contributed by atoms with Crippen molar-refractivity contribution in [2.75, 3.05) is 6.61 Å². The fraction of sp³-hybridized carbons (Fsp3) is 0.0893. The molecule has 6 heteroatoms. The molecular weight excluding hydrogens is 829 g/mol. The number of aromatic nitrogens is 2. The maximum atomic E-state index is 11.0. The summed E-state index contributed by atoms with van der Waals surface area (Å²) >= 11 is 3.72. The second-order valence-corrected chi connectivity index (χ2v) is 15.7. The van der Waals surface area contributed by atoms with Crippen molar-refractivity contribution in [1.82, 2.24) is 9.97 Å². The Labute approximate surface area is 371 Å². The third-order valence-corrected chi connectivity index (χ3v) is 11.7. The number of benzene rings is 7. The number of hydrogen-bond donors (Lipinski definition) is 3. The third kappa shape index (κ3) is 8.97. The highest BCUT2D eigenvalue weighted by atomic mass is 79.9. The van der Waals surface area contributed by atoms with Crippen LogP contribution in [-0.2, 0) is 17.6 Å². The van der Waals surface area contributed by atoms with E-state index in [1.807, 2.05) is 42.5 Å². The number of nitrogens with one attached hydrogen (secondary N) is 2. The highest BCUT2D eigenvalue weighted by Crippen LogP contribution is 2.45. The van der Waals surface area contributed by atoms with Crippen LogP contribution in [0.4, 0.5) is 0 Å². The van der Waals surface area contributed by atoms with Gasteiger partial charge >= 0.3 is 5.97 Å². The van der Waals surface area contributed by atoms with Crippen molar-refractivity contribution >= 4 is 21.9 Å². The van der Waals surface area contributed by atoms with Crippen molar-refractivity contribution < 1.29 is 14.6 Å². The number of carboxylic acids is 1. The zero-order chi connectivity index (χ0) is 42.8. The Hall–Kier alpha value is -7.15. The number of carbonyl (C=O) groups is 1. The summed E-state index contributed by atoms with van der Waals surface area (Å²) in [6.07, 6.45) is 1.82. The molecule has 0 unspecified atom stereocenters. The largest absolute Gasteiger partial charge is 0.482 e. The van der Waals surface area contributed by atoms with E-state index >= 15 is 0 Å². The molecule has 2 aromatic heterocycles. The predicted octanol–water partition coefficient (Wildman–Crippen LogP) is 15.0. The van der Waals surface area contributed by atoms with Gasteiger partial charge in [0.25, 0.3) is 0 Å². The van der Waals surface area contributed by atoms with Crippen LogP contribution in [0.2, 0.25) is 0 Å². The fourth-order valence-electron chi connectivity index (χ4n) is 8.25. The summed E-state index contributed by atoms with van der Waals surface area (Å²) in [5.41, 5.74) is 18.7. The Morgan fingerprint density at radius 2 is 0.871 bits per heavy atom. The van der Waals surface area contributed by atoms with Crippen LogP contribution >= 0.6 is 15.9 Å². The van der Waals surface area contributed by atoms with Gasteiger partial charge in [-0.15, -0.1) is 0 Å². The number of carboxylic acid groups (broad SMARTS) is 1. The molecule has 3 N–H and O–H groups in total. The molecule has 0 aliphatic rings. The van der Waals surface area contributed by atoms with Crippen LogP contribution in [0, 0.1) is 0 Å². The maximum Gasteiger partial charge on any atom is 0.341 e. The Kier molecular flexibility index (Phi) is 13.1. The Morgan fingerprint density at radius 3 is 1.34 bits per heavy atom. The van der Waals surface area contributed by atoms with E-state index < -0.39 is 5.97 Å². The Morgan fingerprint density at radius 1 is 0.468 bits per heavy atom. The molecule has 62 heavy (non-hydrogen) atoms. The molecule has 9 aromatic rings. The smallest absolute Gasteiger partial charge is 0.341 e. The molecule has 0 spiro atoms. The number of ether oxygens (including phenoxy) is 1. The normalized spacial score (nSPS) is 10.8. The van der Waals surface area contributed by atoms with Gasteiger partial charge in [-0.1, -0.05) is 206 Å². The molecule has 2 heterocycles. The number of rotatable bonds is 12. The molecule has 0 saturated carbocycles. The first kappa shape index (κ1) is 41.6. The maximum absolute atomic E-state index is 11.0. The molecule has 9 rings (SSSR count). The second-order valence-electron chi connectivity index (χ2n) is 14.9. The predicted molar refractivity (Wildman–Crippen MR) is 259 cm³/mol. The first-order valence-corrected chi connectivity index (χ1v) is 21.7. The minimum Gasteiger partial charge on any atom is -0.482 e. The van der Waals surface area contributed by atoms with Gasteiger partial charge < -0.3 is 19.8 Å². The van der Waals surface area contributed by atoms with Gasteiger partial charge in [0.05, 0.1) is 22.8 Å². The van der Waals surface area contributed by atoms with Gasteiger partial charge in [0, 0.05) is 26.7 Å². The number of aliphatic carboxylic acids is 1. The second kappa shape index (κ2) is 19.5. The van der Waals surface area contributed by atoms with E-state index in [0.717, 1.165) is 51.0 Å². The van der Waals surface area contributed by atoms with Crippen LogP contribution in [0.5, 0.6) is 5.75 Å². The van der Waals surface area contributed by atoms with Gasteiger partial charge in [-0.2, -0.15) is 0 Å². The van der Waals surface area contributed by atoms with Gasteiger partial charge in [0.15, 0.2) is 6.61 Å². The van der Waals surface area contributed by atoms with Crippen LogP contribution in [0.15, 0.2) is 199 Å². The van der Waals surface area contributed by atoms with E-state index in [-0.39, 0.29) is 6.61 Å². The lowest BCUT2D eigenvalue weighted by Crippen LogP contribution is -2.09. The van der Waals surface area contributed by atoms with Crippen molar-refractivity contribution in [3.8, 4) is 84.2 Å². The van der Waals surface area contributed by atoms with Crippen LogP contribution in [0.3, 0.4) is 0 Å². The van der Waals surface area contributed by atoms with Crippen molar-refractivity contribution in [3.63, 3.8) is 0 Å². The SMILES string of the molecule is CCc1c(-c2ccccc2-c2cccc(OCC(=O)O)c2)[nH]c(-c2ccccc2)c1-c1ccccc1.CCc1c(-c2ccccc2Br)[nH]c(-c2ccccc2)c1-c1ccccc1. The van der Waals surface area contributed by atoms with Crippen LogP contribution in [0.1, 0.15) is 25.0 Å². The van der Waals surface area contributed by atoms with Gasteiger partial charge in [-0.05, 0) is 75.5 Å². The number of H-pyrrole nitrogens is 2. The van der Waals surface area contributed by atoms with Crippen LogP contribution < -0.4 is 4.74 Å². The molecule has 5 nitrogen and oxygen atoms in total. The molecule has 306 valence electrons. The van der Waals surface area contributed by atoms with E-state index in [1.165, 1.54) is 55.9 Å². The molecule has 0 saturated heterocycles. The number of halogens is 1. The molecule has 0 atom stereocenters. The minimum atomic E-state index is -0.998. The molecule has 0 bridgehead atoms. The minimum absolute atomic E-state index is 0.372. The molecule has 0 aliphatic heterocycles. The number of aromatic amines is 2. The fourth-order valence-corrected chi connectivity index (χ4v) is 8.73. The molecular formula is C56H47BrN2O3. The summed E-state index contributed by atoms with van der Waals surface area (Å²) in [7, 11) is 0. The summed E-state index contributed by atoms with van der Waals surface area (Å²) in [6.45, 7) is 4.05. The summed E-state index contributed by atoms with van der Waals surface area (Å²) in [5.74, 6) is -0.469. The molecule has 0 radical (unpaired) electrons. The van der Waals surface area contributed by atoms with Gasteiger partial charge in [-0.25, -0.2) is 4.79 Å². The summed E-state index contributed by atoms with van der Waals surface area (Å²) in [4.78, 5) is 18.5. The van der Waals surface area contributed by atoms with Crippen LogP contribution in [-0.4, -0.2) is 27.7 Å². The lowest BCUT2D eigenvalue weighted by molar-refractivity contribution is -0.139. The molecule has 0 fully saturated rings. The third-order valence-electron chi connectivity index (χ3n) is 11.0. The zero-order valence-electron chi connectivity index (χ0n) is 34.7. The molecule has 7 aromatic carbocycles.